The number of hydrogen-bond donors (Lipinski definition) is 10. The molecule has 3 rings (SSSR count). The molecule has 30 heavy (non-hydrogen) atoms. The van der Waals surface area contributed by atoms with Crippen LogP contribution in [0.5, 0.6) is 11.5 Å². The van der Waals surface area contributed by atoms with Crippen LogP contribution in [0.1, 0.15) is 23.3 Å². The molecule has 1 aromatic carbocycles. The monoisotopic (exact) mass is 434 g/mol. The molecule has 2 aliphatic rings. The molecule has 0 aromatic heterocycles. The standard InChI is InChI=1S/C18H26O12/c19-3-7-11(23)13(25)15(27)17(29-7)9-5(21)1-2-6(22)10(9)18-16(28)14(26)12(24)8(4-20)30-18/h1-2,7-8,11-28H,3-4H2/t7-,8-,11-,12-,13+,14+,15-,16-,17?,18?/m1/s1. The molecule has 10 N–H and O–H groups in total. The fourth-order valence-corrected chi connectivity index (χ4v) is 3.89. The molecule has 0 spiro atoms. The van der Waals surface area contributed by atoms with E-state index in [2.05, 4.69) is 0 Å². The maximum Gasteiger partial charge on any atom is 0.122 e. The summed E-state index contributed by atoms with van der Waals surface area (Å²) in [6, 6.07) is 2.08. The first kappa shape index (κ1) is 23.1. The highest BCUT2D eigenvalue weighted by Gasteiger charge is 2.50. The molecule has 2 fully saturated rings. The molecule has 0 radical (unpaired) electrons. The average molecular weight is 434 g/mol. The first-order chi connectivity index (χ1) is 14.1. The Kier molecular flexibility index (Phi) is 6.84. The number of hydrogen-bond acceptors (Lipinski definition) is 12. The third-order valence-electron chi connectivity index (χ3n) is 5.59. The smallest absolute Gasteiger partial charge is 0.122 e. The lowest BCUT2D eigenvalue weighted by Gasteiger charge is -2.43. The van der Waals surface area contributed by atoms with Crippen molar-refractivity contribution in [3.05, 3.63) is 23.3 Å². The van der Waals surface area contributed by atoms with Crippen molar-refractivity contribution in [3.63, 3.8) is 0 Å². The van der Waals surface area contributed by atoms with Crippen LogP contribution in [0.2, 0.25) is 0 Å². The Hall–Kier alpha value is -1.58. The molecule has 12 nitrogen and oxygen atoms in total. The van der Waals surface area contributed by atoms with Gasteiger partial charge in [0.25, 0.3) is 0 Å². The van der Waals surface area contributed by atoms with Crippen LogP contribution in [0, 0.1) is 0 Å². The zero-order valence-corrected chi connectivity index (χ0v) is 15.6. The van der Waals surface area contributed by atoms with Gasteiger partial charge in [0.15, 0.2) is 0 Å². The molecule has 0 saturated carbocycles. The van der Waals surface area contributed by atoms with Crippen LogP contribution in [0.4, 0.5) is 0 Å². The summed E-state index contributed by atoms with van der Waals surface area (Å²) in [7, 11) is 0. The third-order valence-corrected chi connectivity index (χ3v) is 5.59. The van der Waals surface area contributed by atoms with Crippen molar-refractivity contribution in [1.29, 1.82) is 0 Å². The highest BCUT2D eigenvalue weighted by atomic mass is 16.6. The van der Waals surface area contributed by atoms with E-state index in [0.717, 1.165) is 12.1 Å². The normalized spacial score (nSPS) is 42.3. The van der Waals surface area contributed by atoms with Crippen LogP contribution in [0.3, 0.4) is 0 Å². The second-order valence-corrected chi connectivity index (χ2v) is 7.43. The van der Waals surface area contributed by atoms with E-state index in [1.54, 1.807) is 0 Å². The van der Waals surface area contributed by atoms with Crippen LogP contribution >= 0.6 is 0 Å². The van der Waals surface area contributed by atoms with E-state index in [1.165, 1.54) is 0 Å². The molecule has 1 aromatic rings. The minimum Gasteiger partial charge on any atom is -0.508 e. The van der Waals surface area contributed by atoms with Crippen LogP contribution in [-0.4, -0.2) is 113 Å². The third kappa shape index (κ3) is 3.76. The van der Waals surface area contributed by atoms with Gasteiger partial charge in [-0.3, -0.25) is 0 Å². The lowest BCUT2D eigenvalue weighted by atomic mass is 9.83. The molecule has 10 atom stereocenters. The first-order valence-corrected chi connectivity index (χ1v) is 9.29. The van der Waals surface area contributed by atoms with Crippen molar-refractivity contribution in [3.8, 4) is 11.5 Å². The van der Waals surface area contributed by atoms with Crippen LogP contribution in [0.25, 0.3) is 0 Å². The number of aliphatic hydroxyl groups excluding tert-OH is 8. The summed E-state index contributed by atoms with van der Waals surface area (Å²) in [4.78, 5) is 0. The van der Waals surface area contributed by atoms with Gasteiger partial charge in [0.2, 0.25) is 0 Å². The van der Waals surface area contributed by atoms with Gasteiger partial charge in [-0.2, -0.15) is 0 Å². The topological polar surface area (TPSA) is 221 Å². The Bertz CT molecular complexity index is 679. The Morgan fingerprint density at radius 3 is 1.20 bits per heavy atom. The molecule has 0 amide bonds. The zero-order chi connectivity index (χ0) is 22.3. The molecular weight excluding hydrogens is 408 g/mol. The molecule has 0 aliphatic carbocycles. The SMILES string of the molecule is OC[C@H]1OC(c2c(O)ccc(O)c2C2O[C@H](CO)[C@@H](O)[C@H](O)[C@H]2O)[C@H](O)[C@@H](O)[C@@H]1O. The Morgan fingerprint density at radius 1 is 0.567 bits per heavy atom. The van der Waals surface area contributed by atoms with Crippen LogP contribution in [0.15, 0.2) is 12.1 Å². The fourth-order valence-electron chi connectivity index (χ4n) is 3.89. The van der Waals surface area contributed by atoms with E-state index in [-0.39, 0.29) is 11.1 Å². The minimum atomic E-state index is -1.82. The lowest BCUT2D eigenvalue weighted by Crippen LogP contribution is -2.56. The van der Waals surface area contributed by atoms with E-state index < -0.39 is 85.8 Å². The van der Waals surface area contributed by atoms with Gasteiger partial charge in [-0.15, -0.1) is 0 Å². The minimum absolute atomic E-state index is 0.337. The van der Waals surface area contributed by atoms with Gasteiger partial charge in [-0.25, -0.2) is 0 Å². The summed E-state index contributed by atoms with van der Waals surface area (Å²) in [5, 5.41) is 101. The van der Waals surface area contributed by atoms with Crippen molar-refractivity contribution in [2.24, 2.45) is 0 Å². The molecule has 170 valence electrons. The highest BCUT2D eigenvalue weighted by molar-refractivity contribution is 5.51. The van der Waals surface area contributed by atoms with Crippen molar-refractivity contribution < 1.29 is 60.5 Å². The Morgan fingerprint density at radius 2 is 0.900 bits per heavy atom. The fraction of sp³-hybridized carbons (Fsp3) is 0.667. The van der Waals surface area contributed by atoms with Gasteiger partial charge in [-0.1, -0.05) is 0 Å². The van der Waals surface area contributed by atoms with E-state index in [0.29, 0.717) is 0 Å². The number of rotatable bonds is 4. The van der Waals surface area contributed by atoms with E-state index in [9.17, 15) is 51.1 Å². The zero-order valence-electron chi connectivity index (χ0n) is 15.6. The molecular formula is C18H26O12. The summed E-state index contributed by atoms with van der Waals surface area (Å²) in [5.74, 6) is -1.10. The number of aliphatic hydroxyl groups is 8. The number of ether oxygens (including phenoxy) is 2. The lowest BCUT2D eigenvalue weighted by molar-refractivity contribution is -0.238. The predicted molar refractivity (Wildman–Crippen MR) is 95.2 cm³/mol. The summed E-state index contributed by atoms with van der Waals surface area (Å²) < 4.78 is 10.9. The second kappa shape index (κ2) is 8.88. The Balaban J connectivity index is 2.10. The molecule has 2 unspecified atom stereocenters. The van der Waals surface area contributed by atoms with Gasteiger partial charge in [0.05, 0.1) is 13.2 Å². The summed E-state index contributed by atoms with van der Waals surface area (Å²) in [6.45, 7) is -1.48. The van der Waals surface area contributed by atoms with Crippen molar-refractivity contribution in [1.82, 2.24) is 0 Å². The quantitative estimate of drug-likeness (QED) is 0.206. The van der Waals surface area contributed by atoms with Crippen LogP contribution < -0.4 is 0 Å². The van der Waals surface area contributed by atoms with Crippen molar-refractivity contribution in [2.45, 2.75) is 61.0 Å². The summed E-state index contributed by atoms with van der Waals surface area (Å²) in [6.07, 6.45) is -16.4. The van der Waals surface area contributed by atoms with Crippen molar-refractivity contribution >= 4 is 0 Å². The van der Waals surface area contributed by atoms with E-state index in [4.69, 9.17) is 9.47 Å². The molecule has 12 heteroatoms. The molecule has 2 aliphatic heterocycles. The average Bonchev–Trinajstić information content (AvgIpc) is 2.73. The molecule has 2 saturated heterocycles. The van der Waals surface area contributed by atoms with Gasteiger partial charge < -0.3 is 60.5 Å². The molecule has 2 heterocycles. The van der Waals surface area contributed by atoms with Crippen molar-refractivity contribution in [2.75, 3.05) is 13.2 Å². The highest BCUT2D eigenvalue weighted by Crippen LogP contribution is 2.47. The second-order valence-electron chi connectivity index (χ2n) is 7.43. The maximum absolute atomic E-state index is 10.4. The first-order valence-electron chi connectivity index (χ1n) is 9.29. The van der Waals surface area contributed by atoms with Gasteiger partial charge in [0, 0.05) is 11.1 Å². The largest absolute Gasteiger partial charge is 0.508 e. The summed E-state index contributed by atoms with van der Waals surface area (Å²) in [5.41, 5.74) is -0.674. The maximum atomic E-state index is 10.4. The van der Waals surface area contributed by atoms with Crippen LogP contribution in [-0.2, 0) is 9.47 Å². The number of phenols is 2. The van der Waals surface area contributed by atoms with E-state index in [1.807, 2.05) is 0 Å². The van der Waals surface area contributed by atoms with Gasteiger partial charge in [-0.05, 0) is 12.1 Å². The number of benzene rings is 1. The van der Waals surface area contributed by atoms with Gasteiger partial charge >= 0.3 is 0 Å². The van der Waals surface area contributed by atoms with Gasteiger partial charge in [0.1, 0.15) is 72.5 Å². The van der Waals surface area contributed by atoms with E-state index >= 15 is 0 Å². The predicted octanol–water partition coefficient (Wildman–Crippen LogP) is -3.87. The summed E-state index contributed by atoms with van der Waals surface area (Å²) >= 11 is 0. The molecule has 0 bridgehead atoms. The number of phenolic OH excluding ortho intramolecular Hbond substituents is 2. The number of aromatic hydroxyl groups is 2. The Labute approximate surface area is 170 Å².